The molecule has 0 aromatic heterocycles. The molecule has 0 spiro atoms. The van der Waals surface area contributed by atoms with Crippen LogP contribution < -0.4 is 5.32 Å². The average molecular weight is 269 g/mol. The van der Waals surface area contributed by atoms with Crippen molar-refractivity contribution in [1.82, 2.24) is 5.32 Å². The van der Waals surface area contributed by atoms with E-state index >= 15 is 0 Å². The first-order chi connectivity index (χ1) is 9.58. The minimum atomic E-state index is -0.691. The Balaban J connectivity index is 1.98. The predicted molar refractivity (Wildman–Crippen MR) is 79.7 cm³/mol. The van der Waals surface area contributed by atoms with E-state index in [9.17, 15) is 9.90 Å². The molecule has 0 heterocycles. The lowest BCUT2D eigenvalue weighted by Gasteiger charge is -2.15. The number of benzene rings is 2. The monoisotopic (exact) mass is 269 g/mol. The Morgan fingerprint density at radius 2 is 1.85 bits per heavy atom. The molecule has 0 radical (unpaired) electrons. The smallest absolute Gasteiger partial charge is 0.251 e. The van der Waals surface area contributed by atoms with Crippen molar-refractivity contribution in [2.45, 2.75) is 20.0 Å². The van der Waals surface area contributed by atoms with E-state index in [1.54, 1.807) is 12.1 Å². The van der Waals surface area contributed by atoms with Crippen LogP contribution in [-0.2, 0) is 0 Å². The molecule has 1 atom stereocenters. The van der Waals surface area contributed by atoms with Crippen molar-refractivity contribution in [2.75, 3.05) is 6.54 Å². The Bertz CT molecular complexity index is 593. The summed E-state index contributed by atoms with van der Waals surface area (Å²) in [5, 5.41) is 12.9. The molecule has 2 N–H and O–H groups in total. The average Bonchev–Trinajstić information content (AvgIpc) is 2.45. The van der Waals surface area contributed by atoms with Gasteiger partial charge in [0, 0.05) is 12.1 Å². The Kier molecular flexibility index (Phi) is 4.53. The summed E-state index contributed by atoms with van der Waals surface area (Å²) in [5.74, 6) is -0.172. The van der Waals surface area contributed by atoms with Gasteiger partial charge < -0.3 is 10.4 Å². The van der Waals surface area contributed by atoms with Gasteiger partial charge in [-0.15, -0.1) is 0 Å². The number of nitrogens with one attached hydrogen (secondary N) is 1. The summed E-state index contributed by atoms with van der Waals surface area (Å²) < 4.78 is 0. The molecule has 1 amide bonds. The normalized spacial score (nSPS) is 11.9. The van der Waals surface area contributed by atoms with Crippen molar-refractivity contribution in [3.8, 4) is 0 Å². The molecular formula is C17H19NO2. The van der Waals surface area contributed by atoms with Crippen LogP contribution in [0.1, 0.15) is 33.2 Å². The summed E-state index contributed by atoms with van der Waals surface area (Å²) in [4.78, 5) is 11.9. The van der Waals surface area contributed by atoms with E-state index in [1.807, 2.05) is 50.2 Å². The lowest BCUT2D eigenvalue weighted by molar-refractivity contribution is 0.0916. The number of aliphatic hydroxyl groups is 1. The lowest BCUT2D eigenvalue weighted by Crippen LogP contribution is -2.28. The van der Waals surface area contributed by atoms with Gasteiger partial charge in [-0.1, -0.05) is 42.0 Å². The number of amides is 1. The summed E-state index contributed by atoms with van der Waals surface area (Å²) in [6, 6.07) is 14.9. The highest BCUT2D eigenvalue weighted by atomic mass is 16.3. The largest absolute Gasteiger partial charge is 0.387 e. The SMILES string of the molecule is Cc1ccc(C(O)CNC(=O)c2ccccc2)c(C)c1. The summed E-state index contributed by atoms with van der Waals surface area (Å²) in [6.45, 7) is 4.18. The molecular weight excluding hydrogens is 250 g/mol. The highest BCUT2D eigenvalue weighted by Gasteiger charge is 2.12. The first-order valence-electron chi connectivity index (χ1n) is 6.66. The zero-order valence-corrected chi connectivity index (χ0v) is 11.8. The predicted octanol–water partition coefficient (Wildman–Crippen LogP) is 2.77. The summed E-state index contributed by atoms with van der Waals surface area (Å²) in [6.07, 6.45) is -0.691. The van der Waals surface area contributed by atoms with Gasteiger partial charge in [0.25, 0.3) is 5.91 Å². The standard InChI is InChI=1S/C17H19NO2/c1-12-8-9-15(13(2)10-12)16(19)11-18-17(20)14-6-4-3-5-7-14/h3-10,16,19H,11H2,1-2H3,(H,18,20). The molecule has 0 saturated heterocycles. The molecule has 0 bridgehead atoms. The van der Waals surface area contributed by atoms with Crippen molar-refractivity contribution < 1.29 is 9.90 Å². The van der Waals surface area contributed by atoms with Crippen LogP contribution in [0.2, 0.25) is 0 Å². The zero-order valence-electron chi connectivity index (χ0n) is 11.8. The number of hydrogen-bond donors (Lipinski definition) is 2. The van der Waals surface area contributed by atoms with Gasteiger partial charge in [0.2, 0.25) is 0 Å². The maximum absolute atomic E-state index is 11.9. The number of rotatable bonds is 4. The molecule has 2 aromatic rings. The van der Waals surface area contributed by atoms with Crippen molar-refractivity contribution in [1.29, 1.82) is 0 Å². The molecule has 0 aliphatic rings. The molecule has 104 valence electrons. The third-order valence-electron chi connectivity index (χ3n) is 3.28. The minimum Gasteiger partial charge on any atom is -0.387 e. The van der Waals surface area contributed by atoms with E-state index in [0.29, 0.717) is 5.56 Å². The second kappa shape index (κ2) is 6.35. The Hall–Kier alpha value is -2.13. The number of aryl methyl sites for hydroxylation is 2. The Morgan fingerprint density at radius 3 is 2.50 bits per heavy atom. The highest BCUT2D eigenvalue weighted by Crippen LogP contribution is 2.18. The Morgan fingerprint density at radius 1 is 1.15 bits per heavy atom. The molecule has 2 aromatic carbocycles. The molecule has 1 unspecified atom stereocenters. The molecule has 0 aliphatic heterocycles. The second-order valence-electron chi connectivity index (χ2n) is 4.95. The van der Waals surface area contributed by atoms with Gasteiger partial charge in [0.15, 0.2) is 0 Å². The maximum atomic E-state index is 11.9. The van der Waals surface area contributed by atoms with Crippen LogP contribution in [0.5, 0.6) is 0 Å². The first kappa shape index (κ1) is 14.3. The van der Waals surface area contributed by atoms with Gasteiger partial charge in [-0.3, -0.25) is 4.79 Å². The number of hydrogen-bond acceptors (Lipinski definition) is 2. The minimum absolute atomic E-state index is 0.172. The second-order valence-corrected chi connectivity index (χ2v) is 4.95. The fourth-order valence-corrected chi connectivity index (χ4v) is 2.19. The van der Waals surface area contributed by atoms with E-state index in [-0.39, 0.29) is 12.5 Å². The summed E-state index contributed by atoms with van der Waals surface area (Å²) in [5.41, 5.74) is 3.64. The Labute approximate surface area is 119 Å². The van der Waals surface area contributed by atoms with Gasteiger partial charge in [-0.05, 0) is 37.1 Å². The third kappa shape index (κ3) is 3.45. The van der Waals surface area contributed by atoms with Gasteiger partial charge in [-0.25, -0.2) is 0 Å². The van der Waals surface area contributed by atoms with Crippen LogP contribution in [0.3, 0.4) is 0 Å². The van der Waals surface area contributed by atoms with Crippen LogP contribution in [0, 0.1) is 13.8 Å². The molecule has 0 saturated carbocycles. The fourth-order valence-electron chi connectivity index (χ4n) is 2.19. The van der Waals surface area contributed by atoms with Crippen molar-refractivity contribution in [2.24, 2.45) is 0 Å². The van der Waals surface area contributed by atoms with E-state index in [2.05, 4.69) is 5.32 Å². The number of carbonyl (C=O) groups is 1. The van der Waals surface area contributed by atoms with Crippen molar-refractivity contribution >= 4 is 5.91 Å². The third-order valence-corrected chi connectivity index (χ3v) is 3.28. The van der Waals surface area contributed by atoms with Crippen LogP contribution in [0.4, 0.5) is 0 Å². The van der Waals surface area contributed by atoms with Gasteiger partial charge in [0.05, 0.1) is 6.10 Å². The molecule has 3 nitrogen and oxygen atoms in total. The summed E-state index contributed by atoms with van der Waals surface area (Å²) in [7, 11) is 0. The van der Waals surface area contributed by atoms with Crippen molar-refractivity contribution in [3.05, 3.63) is 70.8 Å². The van der Waals surface area contributed by atoms with Crippen LogP contribution >= 0.6 is 0 Å². The quantitative estimate of drug-likeness (QED) is 0.896. The number of carbonyl (C=O) groups excluding carboxylic acids is 1. The highest BCUT2D eigenvalue weighted by molar-refractivity contribution is 5.94. The fraction of sp³-hybridized carbons (Fsp3) is 0.235. The number of aliphatic hydroxyl groups excluding tert-OH is 1. The van der Waals surface area contributed by atoms with E-state index in [0.717, 1.165) is 16.7 Å². The maximum Gasteiger partial charge on any atom is 0.251 e. The van der Waals surface area contributed by atoms with E-state index < -0.39 is 6.10 Å². The van der Waals surface area contributed by atoms with Crippen molar-refractivity contribution in [3.63, 3.8) is 0 Å². The topological polar surface area (TPSA) is 49.3 Å². The van der Waals surface area contributed by atoms with E-state index in [4.69, 9.17) is 0 Å². The van der Waals surface area contributed by atoms with E-state index in [1.165, 1.54) is 0 Å². The molecule has 2 rings (SSSR count). The first-order valence-corrected chi connectivity index (χ1v) is 6.66. The van der Waals surface area contributed by atoms with Gasteiger partial charge in [-0.2, -0.15) is 0 Å². The van der Waals surface area contributed by atoms with Crippen LogP contribution in [0.25, 0.3) is 0 Å². The molecule has 20 heavy (non-hydrogen) atoms. The van der Waals surface area contributed by atoms with Gasteiger partial charge >= 0.3 is 0 Å². The van der Waals surface area contributed by atoms with Gasteiger partial charge in [0.1, 0.15) is 0 Å². The van der Waals surface area contributed by atoms with Crippen LogP contribution in [0.15, 0.2) is 48.5 Å². The zero-order chi connectivity index (χ0) is 14.5. The summed E-state index contributed by atoms with van der Waals surface area (Å²) >= 11 is 0. The van der Waals surface area contributed by atoms with Crippen LogP contribution in [-0.4, -0.2) is 17.6 Å². The molecule has 3 heteroatoms. The lowest BCUT2D eigenvalue weighted by atomic mass is 10.0. The molecule has 0 aliphatic carbocycles. The molecule has 0 fully saturated rings.